The molecule has 11 nitrogen and oxygen atoms in total. The van der Waals surface area contributed by atoms with Crippen LogP contribution in [0.15, 0.2) is 14.6 Å². The summed E-state index contributed by atoms with van der Waals surface area (Å²) in [5.41, 5.74) is 10.2. The van der Waals surface area contributed by atoms with Gasteiger partial charge in [-0.3, -0.25) is 13.9 Å². The van der Waals surface area contributed by atoms with Crippen LogP contribution < -0.4 is 22.7 Å². The van der Waals surface area contributed by atoms with Gasteiger partial charge >= 0.3 is 5.69 Å². The zero-order valence-electron chi connectivity index (χ0n) is 16.2. The van der Waals surface area contributed by atoms with Crippen LogP contribution in [0.4, 0.5) is 11.9 Å². The second kappa shape index (κ2) is 6.86. The summed E-state index contributed by atoms with van der Waals surface area (Å²) in [6, 6.07) is 0. The summed E-state index contributed by atoms with van der Waals surface area (Å²) in [4.78, 5) is 46.0. The smallest absolute Gasteiger partial charge is 0.332 e. The third-order valence-corrected chi connectivity index (χ3v) is 4.96. The van der Waals surface area contributed by atoms with Gasteiger partial charge in [-0.15, -0.1) is 0 Å². The topological polar surface area (TPSA) is 160 Å². The molecule has 0 amide bonds. The average molecular weight is 403 g/mol. The van der Waals surface area contributed by atoms with Crippen LogP contribution in [0.2, 0.25) is 0 Å². The summed E-state index contributed by atoms with van der Waals surface area (Å²) in [5.74, 6) is 1.17. The molecule has 148 valence electrons. The van der Waals surface area contributed by atoms with E-state index in [1.807, 2.05) is 20.8 Å². The summed E-state index contributed by atoms with van der Waals surface area (Å²) >= 11 is 1.24. The molecule has 0 aliphatic rings. The Labute approximate surface area is 164 Å². The lowest BCUT2D eigenvalue weighted by Crippen LogP contribution is -2.38. The highest BCUT2D eigenvalue weighted by Gasteiger charge is 2.23. The molecule has 12 heteroatoms. The van der Waals surface area contributed by atoms with E-state index in [4.69, 9.17) is 11.5 Å². The van der Waals surface area contributed by atoms with Crippen molar-refractivity contribution in [3.8, 4) is 0 Å². The van der Waals surface area contributed by atoms with Crippen molar-refractivity contribution in [2.45, 2.75) is 37.0 Å². The predicted molar refractivity (Wildman–Crippen MR) is 107 cm³/mol. The number of fused-ring (bicyclic) bond motifs is 1. The van der Waals surface area contributed by atoms with Crippen LogP contribution in [0.5, 0.6) is 0 Å². The van der Waals surface area contributed by atoms with E-state index in [2.05, 4.69) is 24.9 Å². The van der Waals surface area contributed by atoms with Gasteiger partial charge in [-0.05, 0) is 0 Å². The molecule has 0 fully saturated rings. The molecule has 3 rings (SSSR count). The second-order valence-electron chi connectivity index (χ2n) is 7.26. The van der Waals surface area contributed by atoms with E-state index < -0.39 is 11.2 Å². The van der Waals surface area contributed by atoms with Crippen LogP contribution in [0.25, 0.3) is 11.0 Å². The molecule has 0 bridgehead atoms. The minimum absolute atomic E-state index is 0.0179. The number of aryl methyl sites for hydroxylation is 1. The molecule has 0 aliphatic heterocycles. The van der Waals surface area contributed by atoms with Crippen molar-refractivity contribution in [3.63, 3.8) is 0 Å². The lowest BCUT2D eigenvalue weighted by Gasteiger charge is -2.19. The molecule has 0 atom stereocenters. The molecule has 0 spiro atoms. The highest BCUT2D eigenvalue weighted by atomic mass is 32.2. The van der Waals surface area contributed by atoms with Crippen LogP contribution in [0.3, 0.4) is 0 Å². The van der Waals surface area contributed by atoms with Crippen molar-refractivity contribution in [2.24, 2.45) is 14.1 Å². The number of aromatic nitrogens is 7. The average Bonchev–Trinajstić information content (AvgIpc) is 2.60. The molecule has 28 heavy (non-hydrogen) atoms. The maximum Gasteiger partial charge on any atom is 0.332 e. The SMILES string of the molecule is Cn1c(=O)c2c(SCc3nc(N)nc(N)n3)nc(C(C)(C)C)nc2n(C)c1=O. The van der Waals surface area contributed by atoms with Gasteiger partial charge in [-0.2, -0.15) is 15.0 Å². The van der Waals surface area contributed by atoms with Crippen molar-refractivity contribution in [3.05, 3.63) is 32.5 Å². The lowest BCUT2D eigenvalue weighted by atomic mass is 9.96. The first-order valence-corrected chi connectivity index (χ1v) is 9.34. The van der Waals surface area contributed by atoms with Crippen molar-refractivity contribution >= 4 is 34.7 Å². The number of hydrogen-bond acceptors (Lipinski definition) is 10. The van der Waals surface area contributed by atoms with E-state index in [9.17, 15) is 9.59 Å². The van der Waals surface area contributed by atoms with Crippen molar-refractivity contribution in [2.75, 3.05) is 11.5 Å². The summed E-state index contributed by atoms with van der Waals surface area (Å²) in [7, 11) is 3.00. The van der Waals surface area contributed by atoms with Crippen LogP contribution in [0, 0.1) is 0 Å². The predicted octanol–water partition coefficient (Wildman–Crippen LogP) is -0.0336. The third-order valence-electron chi connectivity index (χ3n) is 3.99. The van der Waals surface area contributed by atoms with Crippen molar-refractivity contribution in [1.82, 2.24) is 34.1 Å². The van der Waals surface area contributed by atoms with Crippen molar-refractivity contribution < 1.29 is 0 Å². The minimum Gasteiger partial charge on any atom is -0.368 e. The Balaban J connectivity index is 2.22. The number of anilines is 2. The fraction of sp³-hybridized carbons (Fsp3) is 0.438. The van der Waals surface area contributed by atoms with Gasteiger partial charge in [0.1, 0.15) is 22.1 Å². The Morgan fingerprint density at radius 3 is 2.11 bits per heavy atom. The van der Waals surface area contributed by atoms with Gasteiger partial charge in [0.15, 0.2) is 5.65 Å². The first-order chi connectivity index (χ1) is 13.0. The third kappa shape index (κ3) is 3.54. The maximum absolute atomic E-state index is 12.8. The van der Waals surface area contributed by atoms with Gasteiger partial charge in [0.25, 0.3) is 5.56 Å². The van der Waals surface area contributed by atoms with E-state index in [0.29, 0.717) is 16.7 Å². The number of rotatable bonds is 3. The highest BCUT2D eigenvalue weighted by molar-refractivity contribution is 7.98. The normalized spacial score (nSPS) is 11.9. The Morgan fingerprint density at radius 2 is 1.54 bits per heavy atom. The molecular formula is C16H21N9O2S. The largest absolute Gasteiger partial charge is 0.368 e. The molecule has 0 aliphatic carbocycles. The van der Waals surface area contributed by atoms with Gasteiger partial charge in [0.2, 0.25) is 11.9 Å². The standard InChI is InChI=1S/C16H21N9O2S/c1-16(2,3)12-21-9-8(11(26)25(5)15(27)24(9)4)10(22-12)28-6-7-19-13(17)23-14(18)20-7/h6H2,1-5H3,(H4,17,18,19,20,23). The number of nitrogen functional groups attached to an aromatic ring is 2. The monoisotopic (exact) mass is 403 g/mol. The van der Waals surface area contributed by atoms with Gasteiger partial charge in [0.05, 0.1) is 5.75 Å². The van der Waals surface area contributed by atoms with Crippen LogP contribution in [-0.2, 0) is 25.3 Å². The first-order valence-electron chi connectivity index (χ1n) is 8.36. The Hall–Kier alpha value is -3.02. The van der Waals surface area contributed by atoms with Gasteiger partial charge < -0.3 is 11.5 Å². The summed E-state index contributed by atoms with van der Waals surface area (Å²) in [6.07, 6.45) is 0. The van der Waals surface area contributed by atoms with Crippen LogP contribution in [0.1, 0.15) is 32.4 Å². The minimum atomic E-state index is -0.462. The Morgan fingerprint density at radius 1 is 0.929 bits per heavy atom. The van der Waals surface area contributed by atoms with Crippen molar-refractivity contribution in [1.29, 1.82) is 0 Å². The number of thioether (sulfide) groups is 1. The van der Waals surface area contributed by atoms with Crippen LogP contribution >= 0.6 is 11.8 Å². The fourth-order valence-corrected chi connectivity index (χ4v) is 3.39. The maximum atomic E-state index is 12.8. The number of nitrogens with two attached hydrogens (primary N) is 2. The molecule has 3 aromatic heterocycles. The lowest BCUT2D eigenvalue weighted by molar-refractivity contribution is 0.539. The van der Waals surface area contributed by atoms with Gasteiger partial charge in [-0.25, -0.2) is 14.8 Å². The Bertz CT molecular complexity index is 1170. The quantitative estimate of drug-likeness (QED) is 0.448. The molecule has 4 N–H and O–H groups in total. The summed E-state index contributed by atoms with van der Waals surface area (Å²) in [5, 5.41) is 0.696. The van der Waals surface area contributed by atoms with E-state index >= 15 is 0 Å². The zero-order chi connectivity index (χ0) is 20.8. The van der Waals surface area contributed by atoms with E-state index in [-0.39, 0.29) is 34.1 Å². The molecule has 0 unspecified atom stereocenters. The van der Waals surface area contributed by atoms with Gasteiger partial charge in [-0.1, -0.05) is 32.5 Å². The first kappa shape index (κ1) is 19.7. The molecule has 0 saturated heterocycles. The number of nitrogens with zero attached hydrogens (tertiary/aromatic N) is 7. The molecule has 3 heterocycles. The molecule has 0 aromatic carbocycles. The summed E-state index contributed by atoms with van der Waals surface area (Å²) < 4.78 is 2.38. The Kier molecular flexibility index (Phi) is 4.83. The molecular weight excluding hydrogens is 382 g/mol. The summed E-state index contributed by atoms with van der Waals surface area (Å²) in [6.45, 7) is 5.86. The molecule has 3 aromatic rings. The van der Waals surface area contributed by atoms with Gasteiger partial charge in [0, 0.05) is 19.5 Å². The van der Waals surface area contributed by atoms with E-state index in [0.717, 1.165) is 4.57 Å². The van der Waals surface area contributed by atoms with E-state index in [1.165, 1.54) is 23.4 Å². The van der Waals surface area contributed by atoms with E-state index in [1.54, 1.807) is 7.05 Å². The number of hydrogen-bond donors (Lipinski definition) is 2. The molecule has 0 radical (unpaired) electrons. The highest BCUT2D eigenvalue weighted by Crippen LogP contribution is 2.28. The zero-order valence-corrected chi connectivity index (χ0v) is 17.0. The fourth-order valence-electron chi connectivity index (χ4n) is 2.52. The van der Waals surface area contributed by atoms with Crippen LogP contribution in [-0.4, -0.2) is 34.1 Å². The second-order valence-corrected chi connectivity index (χ2v) is 8.23. The molecule has 0 saturated carbocycles.